The standard InChI is InChI=1S/C14H11F3N2O4/c15-14(16,17)7-1-3-8(4-2-7)18-13(23)19-9-5-10(20)12(22)11(21)6-9/h1-6,20-22H,(H2,18,19,23). The molecule has 6 nitrogen and oxygen atoms in total. The second kappa shape index (κ2) is 5.95. The molecule has 0 fully saturated rings. The average Bonchev–Trinajstić information content (AvgIpc) is 2.44. The van der Waals surface area contributed by atoms with Crippen molar-refractivity contribution in [2.24, 2.45) is 0 Å². The van der Waals surface area contributed by atoms with E-state index in [1.807, 2.05) is 0 Å². The molecule has 23 heavy (non-hydrogen) atoms. The molecule has 0 aliphatic heterocycles. The van der Waals surface area contributed by atoms with Crippen molar-refractivity contribution >= 4 is 17.4 Å². The SMILES string of the molecule is O=C(Nc1ccc(C(F)(F)F)cc1)Nc1cc(O)c(O)c(O)c1. The number of benzene rings is 2. The first-order chi connectivity index (χ1) is 10.7. The van der Waals surface area contributed by atoms with E-state index in [1.54, 1.807) is 0 Å². The van der Waals surface area contributed by atoms with Crippen LogP contribution in [0.1, 0.15) is 5.56 Å². The van der Waals surface area contributed by atoms with Crippen LogP contribution in [0.25, 0.3) is 0 Å². The van der Waals surface area contributed by atoms with Crippen LogP contribution in [0.2, 0.25) is 0 Å². The Labute approximate surface area is 127 Å². The molecule has 0 aliphatic rings. The highest BCUT2D eigenvalue weighted by atomic mass is 19.4. The maximum atomic E-state index is 12.4. The first-order valence-corrected chi connectivity index (χ1v) is 6.17. The fraction of sp³-hybridized carbons (Fsp3) is 0.0714. The van der Waals surface area contributed by atoms with Gasteiger partial charge >= 0.3 is 12.2 Å². The Kier molecular flexibility index (Phi) is 4.21. The summed E-state index contributed by atoms with van der Waals surface area (Å²) < 4.78 is 37.2. The third-order valence-corrected chi connectivity index (χ3v) is 2.80. The molecule has 5 N–H and O–H groups in total. The van der Waals surface area contributed by atoms with Crippen LogP contribution < -0.4 is 10.6 Å². The number of anilines is 2. The van der Waals surface area contributed by atoms with E-state index in [0.29, 0.717) is 0 Å². The van der Waals surface area contributed by atoms with Gasteiger partial charge in [-0.15, -0.1) is 0 Å². The maximum Gasteiger partial charge on any atom is 0.416 e. The predicted octanol–water partition coefficient (Wildman–Crippen LogP) is 3.47. The van der Waals surface area contributed by atoms with Crippen molar-refractivity contribution in [2.75, 3.05) is 10.6 Å². The van der Waals surface area contributed by atoms with E-state index in [0.717, 1.165) is 36.4 Å². The van der Waals surface area contributed by atoms with Crippen LogP contribution in [0.4, 0.5) is 29.3 Å². The van der Waals surface area contributed by atoms with Gasteiger partial charge in [0.1, 0.15) is 0 Å². The highest BCUT2D eigenvalue weighted by Gasteiger charge is 2.29. The topological polar surface area (TPSA) is 102 Å². The molecule has 0 aromatic heterocycles. The number of phenols is 3. The molecule has 0 saturated carbocycles. The molecule has 0 aliphatic carbocycles. The number of halogens is 3. The van der Waals surface area contributed by atoms with Gasteiger partial charge in [-0.05, 0) is 24.3 Å². The van der Waals surface area contributed by atoms with Crippen molar-refractivity contribution in [3.8, 4) is 17.2 Å². The van der Waals surface area contributed by atoms with Gasteiger partial charge in [-0.1, -0.05) is 0 Å². The number of amides is 2. The van der Waals surface area contributed by atoms with Crippen LogP contribution >= 0.6 is 0 Å². The van der Waals surface area contributed by atoms with Gasteiger partial charge in [-0.3, -0.25) is 0 Å². The van der Waals surface area contributed by atoms with Gasteiger partial charge in [0.05, 0.1) is 11.3 Å². The molecule has 0 unspecified atom stereocenters. The lowest BCUT2D eigenvalue weighted by atomic mass is 10.2. The molecule has 0 bridgehead atoms. The molecule has 0 radical (unpaired) electrons. The summed E-state index contributed by atoms with van der Waals surface area (Å²) in [4.78, 5) is 11.7. The summed E-state index contributed by atoms with van der Waals surface area (Å²) in [7, 11) is 0. The third-order valence-electron chi connectivity index (χ3n) is 2.80. The quantitative estimate of drug-likeness (QED) is 0.430. The molecule has 2 aromatic rings. The lowest BCUT2D eigenvalue weighted by molar-refractivity contribution is -0.137. The van der Waals surface area contributed by atoms with E-state index in [-0.39, 0.29) is 11.4 Å². The van der Waals surface area contributed by atoms with Gasteiger partial charge in [0.2, 0.25) is 0 Å². The van der Waals surface area contributed by atoms with Crippen molar-refractivity contribution in [2.45, 2.75) is 6.18 Å². The lowest BCUT2D eigenvalue weighted by Gasteiger charge is -2.10. The molecule has 2 rings (SSSR count). The largest absolute Gasteiger partial charge is 0.504 e. The summed E-state index contributed by atoms with van der Waals surface area (Å²) in [5.74, 6) is -2.02. The minimum atomic E-state index is -4.47. The van der Waals surface area contributed by atoms with E-state index in [9.17, 15) is 33.3 Å². The third kappa shape index (κ3) is 3.96. The van der Waals surface area contributed by atoms with Crippen LogP contribution in [-0.2, 0) is 6.18 Å². The molecule has 2 amide bonds. The second-order valence-electron chi connectivity index (χ2n) is 4.52. The first kappa shape index (κ1) is 16.3. The number of carbonyl (C=O) groups is 1. The fourth-order valence-electron chi connectivity index (χ4n) is 1.71. The summed E-state index contributed by atoms with van der Waals surface area (Å²) >= 11 is 0. The zero-order chi connectivity index (χ0) is 17.2. The number of phenolic OH excluding ortho intramolecular Hbond substituents is 3. The van der Waals surface area contributed by atoms with E-state index in [2.05, 4.69) is 10.6 Å². The normalized spacial score (nSPS) is 11.1. The van der Waals surface area contributed by atoms with Crippen LogP contribution in [0.5, 0.6) is 17.2 Å². The predicted molar refractivity (Wildman–Crippen MR) is 75.5 cm³/mol. The summed E-state index contributed by atoms with van der Waals surface area (Å²) in [6.07, 6.45) is -4.47. The van der Waals surface area contributed by atoms with Gasteiger partial charge < -0.3 is 26.0 Å². The van der Waals surface area contributed by atoms with E-state index in [1.165, 1.54) is 0 Å². The van der Waals surface area contributed by atoms with Gasteiger partial charge in [-0.2, -0.15) is 13.2 Å². The second-order valence-corrected chi connectivity index (χ2v) is 4.52. The molecular formula is C14H11F3N2O4. The summed E-state index contributed by atoms with van der Waals surface area (Å²) in [6, 6.07) is 4.95. The Morgan fingerprint density at radius 3 is 1.83 bits per heavy atom. The zero-order valence-corrected chi connectivity index (χ0v) is 11.3. The van der Waals surface area contributed by atoms with Crippen LogP contribution in [0.3, 0.4) is 0 Å². The van der Waals surface area contributed by atoms with Gasteiger partial charge in [0, 0.05) is 17.8 Å². The molecule has 0 saturated heterocycles. The van der Waals surface area contributed by atoms with Gasteiger partial charge in [0.15, 0.2) is 17.2 Å². The summed E-state index contributed by atoms with van der Waals surface area (Å²) in [5, 5.41) is 32.3. The van der Waals surface area contributed by atoms with Crippen molar-refractivity contribution in [1.29, 1.82) is 0 Å². The van der Waals surface area contributed by atoms with Crippen molar-refractivity contribution in [1.82, 2.24) is 0 Å². The Balaban J connectivity index is 2.05. The molecule has 0 spiro atoms. The highest BCUT2D eigenvalue weighted by Crippen LogP contribution is 2.37. The number of aromatic hydroxyl groups is 3. The van der Waals surface area contributed by atoms with Crippen LogP contribution in [0.15, 0.2) is 36.4 Å². The number of nitrogens with one attached hydrogen (secondary N) is 2. The number of alkyl halides is 3. The molecule has 2 aromatic carbocycles. The summed E-state index contributed by atoms with van der Waals surface area (Å²) in [6.45, 7) is 0. The van der Waals surface area contributed by atoms with Gasteiger partial charge in [-0.25, -0.2) is 4.79 Å². The molecule has 122 valence electrons. The van der Waals surface area contributed by atoms with Crippen LogP contribution in [0, 0.1) is 0 Å². The number of urea groups is 1. The molecule has 0 heterocycles. The molecular weight excluding hydrogens is 317 g/mol. The Morgan fingerprint density at radius 2 is 1.35 bits per heavy atom. The molecule has 0 atom stereocenters. The maximum absolute atomic E-state index is 12.4. The smallest absolute Gasteiger partial charge is 0.416 e. The Bertz CT molecular complexity index is 707. The minimum Gasteiger partial charge on any atom is -0.504 e. The fourth-order valence-corrected chi connectivity index (χ4v) is 1.71. The van der Waals surface area contributed by atoms with Crippen molar-refractivity contribution in [3.63, 3.8) is 0 Å². The van der Waals surface area contributed by atoms with Crippen molar-refractivity contribution in [3.05, 3.63) is 42.0 Å². The van der Waals surface area contributed by atoms with E-state index < -0.39 is 35.0 Å². The Morgan fingerprint density at radius 1 is 0.870 bits per heavy atom. The number of hydrogen-bond donors (Lipinski definition) is 5. The summed E-state index contributed by atoms with van der Waals surface area (Å²) in [5.41, 5.74) is -0.762. The molecule has 9 heteroatoms. The number of rotatable bonds is 2. The monoisotopic (exact) mass is 328 g/mol. The minimum absolute atomic E-state index is 0.0257. The zero-order valence-electron chi connectivity index (χ0n) is 11.3. The van der Waals surface area contributed by atoms with E-state index >= 15 is 0 Å². The lowest BCUT2D eigenvalue weighted by Crippen LogP contribution is -2.19. The van der Waals surface area contributed by atoms with E-state index in [4.69, 9.17) is 0 Å². The van der Waals surface area contributed by atoms with Crippen molar-refractivity contribution < 1.29 is 33.3 Å². The highest BCUT2D eigenvalue weighted by molar-refractivity contribution is 6.00. The number of hydrogen-bond acceptors (Lipinski definition) is 4. The average molecular weight is 328 g/mol. The van der Waals surface area contributed by atoms with Crippen LogP contribution in [-0.4, -0.2) is 21.4 Å². The number of carbonyl (C=O) groups excluding carboxylic acids is 1. The van der Waals surface area contributed by atoms with Gasteiger partial charge in [0.25, 0.3) is 0 Å². The first-order valence-electron chi connectivity index (χ1n) is 6.17. The Hall–Kier alpha value is -3.10.